The minimum absolute atomic E-state index is 0.119. The van der Waals surface area contributed by atoms with Crippen molar-refractivity contribution in [1.82, 2.24) is 5.32 Å². The number of rotatable bonds is 6. The molecular formula is C17H20N2O4S2. The van der Waals surface area contributed by atoms with Gasteiger partial charge in [-0.2, -0.15) is 0 Å². The second kappa shape index (κ2) is 7.79. The van der Waals surface area contributed by atoms with Gasteiger partial charge in [-0.05, 0) is 35.6 Å². The molecule has 1 unspecified atom stereocenters. The number of nitrogens with one attached hydrogen (secondary N) is 2. The average Bonchev–Trinajstić information content (AvgIpc) is 3.06. The molecule has 134 valence electrons. The lowest BCUT2D eigenvalue weighted by molar-refractivity contribution is -0.118. The first-order chi connectivity index (χ1) is 11.7. The third kappa shape index (κ3) is 5.14. The Balaban J connectivity index is 2.14. The van der Waals surface area contributed by atoms with Crippen LogP contribution in [-0.4, -0.2) is 32.5 Å². The Bertz CT molecular complexity index is 859. The Labute approximate surface area is 151 Å². The van der Waals surface area contributed by atoms with E-state index in [-0.39, 0.29) is 16.7 Å². The van der Waals surface area contributed by atoms with E-state index in [1.54, 1.807) is 29.6 Å². The van der Waals surface area contributed by atoms with Crippen molar-refractivity contribution in [2.45, 2.75) is 24.8 Å². The molecule has 0 aliphatic carbocycles. The second-order valence-electron chi connectivity index (χ2n) is 5.96. The molecule has 0 aliphatic rings. The lowest BCUT2D eigenvalue weighted by Crippen LogP contribution is -2.46. The number of hydrogen-bond donors (Lipinski definition) is 2. The summed E-state index contributed by atoms with van der Waals surface area (Å²) in [4.78, 5) is 25.4. The van der Waals surface area contributed by atoms with E-state index in [1.807, 2.05) is 13.8 Å². The summed E-state index contributed by atoms with van der Waals surface area (Å²) in [6.07, 6.45) is 1.10. The zero-order valence-electron chi connectivity index (χ0n) is 14.1. The molecule has 0 aliphatic heterocycles. The van der Waals surface area contributed by atoms with E-state index < -0.39 is 21.8 Å². The molecular weight excluding hydrogens is 360 g/mol. The molecule has 25 heavy (non-hydrogen) atoms. The predicted molar refractivity (Wildman–Crippen MR) is 98.6 cm³/mol. The summed E-state index contributed by atoms with van der Waals surface area (Å²) in [6, 6.07) is 8.73. The third-order valence-electron chi connectivity index (χ3n) is 3.51. The molecule has 1 heterocycles. The number of benzene rings is 1. The van der Waals surface area contributed by atoms with Crippen molar-refractivity contribution in [3.8, 4) is 0 Å². The fourth-order valence-corrected chi connectivity index (χ4v) is 3.47. The summed E-state index contributed by atoms with van der Waals surface area (Å²) in [5.41, 5.74) is 0.365. The third-order valence-corrected chi connectivity index (χ3v) is 5.49. The highest BCUT2D eigenvalue weighted by atomic mass is 32.2. The fourth-order valence-electron chi connectivity index (χ4n) is 2.18. The smallest absolute Gasteiger partial charge is 0.262 e. The number of carbonyl (C=O) groups excluding carboxylic acids is 2. The molecule has 1 atom stereocenters. The van der Waals surface area contributed by atoms with Crippen LogP contribution >= 0.6 is 11.3 Å². The number of sulfone groups is 1. The van der Waals surface area contributed by atoms with Gasteiger partial charge in [0.1, 0.15) is 6.04 Å². The van der Waals surface area contributed by atoms with Crippen LogP contribution in [0.25, 0.3) is 0 Å². The zero-order chi connectivity index (χ0) is 18.6. The fraction of sp³-hybridized carbons (Fsp3) is 0.294. The Morgan fingerprint density at radius 2 is 1.84 bits per heavy atom. The van der Waals surface area contributed by atoms with Crippen LogP contribution in [-0.2, 0) is 14.6 Å². The summed E-state index contributed by atoms with van der Waals surface area (Å²) in [6.45, 7) is 3.65. The predicted octanol–water partition coefficient (Wildman–Crippen LogP) is 2.54. The van der Waals surface area contributed by atoms with Crippen molar-refractivity contribution >= 4 is 38.7 Å². The van der Waals surface area contributed by atoms with Gasteiger partial charge in [-0.15, -0.1) is 11.3 Å². The van der Waals surface area contributed by atoms with E-state index in [0.717, 1.165) is 6.26 Å². The van der Waals surface area contributed by atoms with Crippen LogP contribution in [0.4, 0.5) is 5.69 Å². The largest absolute Gasteiger partial charge is 0.339 e. The van der Waals surface area contributed by atoms with Crippen molar-refractivity contribution in [2.75, 3.05) is 11.6 Å². The molecule has 0 radical (unpaired) electrons. The molecule has 1 aromatic heterocycles. The molecule has 2 aromatic rings. The second-order valence-corrected chi connectivity index (χ2v) is 8.93. The zero-order valence-corrected chi connectivity index (χ0v) is 15.8. The number of hydrogen-bond acceptors (Lipinski definition) is 5. The molecule has 8 heteroatoms. The molecule has 1 aromatic carbocycles. The van der Waals surface area contributed by atoms with Crippen molar-refractivity contribution in [1.29, 1.82) is 0 Å². The monoisotopic (exact) mass is 380 g/mol. The molecule has 0 saturated carbocycles. The number of amides is 2. The van der Waals surface area contributed by atoms with Crippen LogP contribution in [0.3, 0.4) is 0 Å². The lowest BCUT2D eigenvalue weighted by Gasteiger charge is -2.21. The van der Waals surface area contributed by atoms with E-state index in [1.165, 1.54) is 23.5 Å². The van der Waals surface area contributed by atoms with Gasteiger partial charge in [-0.1, -0.05) is 26.0 Å². The Morgan fingerprint density at radius 1 is 1.12 bits per heavy atom. The van der Waals surface area contributed by atoms with Gasteiger partial charge in [0, 0.05) is 11.9 Å². The first-order valence-electron chi connectivity index (χ1n) is 7.64. The molecule has 0 fully saturated rings. The van der Waals surface area contributed by atoms with Gasteiger partial charge in [-0.3, -0.25) is 9.59 Å². The van der Waals surface area contributed by atoms with Crippen molar-refractivity contribution < 1.29 is 18.0 Å². The van der Waals surface area contributed by atoms with E-state index in [4.69, 9.17) is 0 Å². The summed E-state index contributed by atoms with van der Waals surface area (Å²) in [7, 11) is -3.37. The average molecular weight is 380 g/mol. The van der Waals surface area contributed by atoms with Crippen LogP contribution in [0.5, 0.6) is 0 Å². The molecule has 0 saturated heterocycles. The molecule has 6 nitrogen and oxygen atoms in total. The minimum Gasteiger partial charge on any atom is -0.339 e. The highest BCUT2D eigenvalue weighted by Crippen LogP contribution is 2.17. The van der Waals surface area contributed by atoms with E-state index in [0.29, 0.717) is 10.6 Å². The van der Waals surface area contributed by atoms with Gasteiger partial charge in [-0.25, -0.2) is 8.42 Å². The Hall–Kier alpha value is -2.19. The van der Waals surface area contributed by atoms with Gasteiger partial charge >= 0.3 is 0 Å². The van der Waals surface area contributed by atoms with Crippen LogP contribution in [0, 0.1) is 5.92 Å². The summed E-state index contributed by atoms with van der Waals surface area (Å²) < 4.78 is 23.2. The molecule has 2 N–H and O–H groups in total. The van der Waals surface area contributed by atoms with Crippen LogP contribution in [0.2, 0.25) is 0 Å². The topological polar surface area (TPSA) is 92.3 Å². The van der Waals surface area contributed by atoms with Crippen molar-refractivity contribution in [3.05, 3.63) is 46.7 Å². The molecule has 2 amide bonds. The molecule has 0 spiro atoms. The lowest BCUT2D eigenvalue weighted by atomic mass is 10.0. The Kier molecular flexibility index (Phi) is 5.97. The van der Waals surface area contributed by atoms with E-state index in [2.05, 4.69) is 10.6 Å². The number of anilines is 1. The van der Waals surface area contributed by atoms with Gasteiger partial charge in [0.25, 0.3) is 5.91 Å². The first kappa shape index (κ1) is 19.1. The SMILES string of the molecule is CC(C)C(NC(=O)c1cccs1)C(=O)Nc1cccc(S(C)(=O)=O)c1. The van der Waals surface area contributed by atoms with Crippen LogP contribution < -0.4 is 10.6 Å². The molecule has 2 rings (SSSR count). The van der Waals surface area contributed by atoms with Crippen molar-refractivity contribution in [3.63, 3.8) is 0 Å². The molecule has 0 bridgehead atoms. The number of thiophene rings is 1. The summed E-state index contributed by atoms with van der Waals surface area (Å²) >= 11 is 1.29. The first-order valence-corrected chi connectivity index (χ1v) is 10.4. The van der Waals surface area contributed by atoms with Crippen LogP contribution in [0.15, 0.2) is 46.7 Å². The highest BCUT2D eigenvalue weighted by molar-refractivity contribution is 7.90. The summed E-state index contributed by atoms with van der Waals surface area (Å²) in [5, 5.41) is 7.18. The van der Waals surface area contributed by atoms with E-state index >= 15 is 0 Å². The minimum atomic E-state index is -3.37. The van der Waals surface area contributed by atoms with Gasteiger partial charge in [0.2, 0.25) is 5.91 Å². The van der Waals surface area contributed by atoms with Gasteiger partial charge in [0.15, 0.2) is 9.84 Å². The maximum Gasteiger partial charge on any atom is 0.262 e. The highest BCUT2D eigenvalue weighted by Gasteiger charge is 2.25. The summed E-state index contributed by atoms with van der Waals surface area (Å²) in [5.74, 6) is -0.846. The Morgan fingerprint density at radius 3 is 2.40 bits per heavy atom. The van der Waals surface area contributed by atoms with Crippen molar-refractivity contribution in [2.24, 2.45) is 5.92 Å². The maximum atomic E-state index is 12.5. The normalized spacial score (nSPS) is 12.6. The van der Waals surface area contributed by atoms with Gasteiger partial charge < -0.3 is 10.6 Å². The van der Waals surface area contributed by atoms with E-state index in [9.17, 15) is 18.0 Å². The maximum absolute atomic E-state index is 12.5. The standard InChI is InChI=1S/C17H20N2O4S2/c1-11(2)15(19-16(20)14-8-5-9-24-14)17(21)18-12-6-4-7-13(10-12)25(3,22)23/h4-11,15H,1-3H3,(H,18,21)(H,19,20). The number of carbonyl (C=O) groups is 2. The van der Waals surface area contributed by atoms with Crippen LogP contribution in [0.1, 0.15) is 23.5 Å². The quantitative estimate of drug-likeness (QED) is 0.805. The van der Waals surface area contributed by atoms with Gasteiger partial charge in [0.05, 0.1) is 9.77 Å².